The monoisotopic (exact) mass is 363 g/mol. The number of para-hydroxylation sites is 2. The van der Waals surface area contributed by atoms with Crippen molar-refractivity contribution in [3.8, 4) is 11.5 Å². The molecule has 7 heteroatoms. The predicted octanol–water partition coefficient (Wildman–Crippen LogP) is 1.80. The Balaban J connectivity index is 1.48. The zero-order chi connectivity index (χ0) is 18.5. The van der Waals surface area contributed by atoms with Gasteiger partial charge in [-0.05, 0) is 37.3 Å². The van der Waals surface area contributed by atoms with Gasteiger partial charge in [0.05, 0.1) is 19.1 Å². The Bertz CT molecular complexity index is 641. The largest absolute Gasteiger partial charge is 0.493 e. The standard InChI is InChI=1S/C19H25NO6/c1-24-15-4-2-3-5-16(15)26-12-17(21)20-9-6-13(7-10-20)18-14(19(22)23)8-11-25-18/h2-5,13-14,18H,6-12H2,1H3,(H,22,23)/t14?,18-/m0/s1. The highest BCUT2D eigenvalue weighted by Gasteiger charge is 2.40. The lowest BCUT2D eigenvalue weighted by molar-refractivity contribution is -0.146. The summed E-state index contributed by atoms with van der Waals surface area (Å²) in [4.78, 5) is 25.5. The van der Waals surface area contributed by atoms with Gasteiger partial charge in [0.25, 0.3) is 5.91 Å². The maximum atomic E-state index is 12.4. The van der Waals surface area contributed by atoms with Gasteiger partial charge in [-0.15, -0.1) is 0 Å². The van der Waals surface area contributed by atoms with Crippen molar-refractivity contribution in [2.45, 2.75) is 25.4 Å². The Morgan fingerprint density at radius 1 is 1.19 bits per heavy atom. The molecule has 1 aromatic rings. The maximum absolute atomic E-state index is 12.4. The molecule has 1 amide bonds. The molecule has 0 aromatic heterocycles. The number of rotatable bonds is 6. The average molecular weight is 363 g/mol. The fourth-order valence-electron chi connectivity index (χ4n) is 3.79. The van der Waals surface area contributed by atoms with Gasteiger partial charge in [0, 0.05) is 19.7 Å². The van der Waals surface area contributed by atoms with E-state index in [1.54, 1.807) is 24.1 Å². The minimum absolute atomic E-state index is 0.0390. The van der Waals surface area contributed by atoms with E-state index in [4.69, 9.17) is 14.2 Å². The van der Waals surface area contributed by atoms with E-state index in [1.165, 1.54) is 0 Å². The summed E-state index contributed by atoms with van der Waals surface area (Å²) in [6.45, 7) is 1.67. The van der Waals surface area contributed by atoms with Gasteiger partial charge in [-0.25, -0.2) is 0 Å². The second-order valence-electron chi connectivity index (χ2n) is 6.73. The van der Waals surface area contributed by atoms with Crippen molar-refractivity contribution in [3.63, 3.8) is 0 Å². The summed E-state index contributed by atoms with van der Waals surface area (Å²) in [6, 6.07) is 7.22. The summed E-state index contributed by atoms with van der Waals surface area (Å²) in [7, 11) is 1.56. The smallest absolute Gasteiger partial charge is 0.309 e. The normalized spacial score (nSPS) is 23.7. The third-order valence-corrected chi connectivity index (χ3v) is 5.23. The zero-order valence-electron chi connectivity index (χ0n) is 14.9. The number of carbonyl (C=O) groups excluding carboxylic acids is 1. The van der Waals surface area contributed by atoms with Crippen LogP contribution in [0, 0.1) is 11.8 Å². The van der Waals surface area contributed by atoms with Crippen LogP contribution in [0.3, 0.4) is 0 Å². The molecule has 0 spiro atoms. The molecule has 1 N–H and O–H groups in total. The van der Waals surface area contributed by atoms with Crippen LogP contribution in [0.2, 0.25) is 0 Å². The minimum atomic E-state index is -0.781. The van der Waals surface area contributed by atoms with Gasteiger partial charge in [0.2, 0.25) is 0 Å². The SMILES string of the molecule is COc1ccccc1OCC(=O)N1CCC([C@@H]2OCCC2C(=O)O)CC1. The van der Waals surface area contributed by atoms with Gasteiger partial charge >= 0.3 is 5.97 Å². The van der Waals surface area contributed by atoms with Gasteiger partial charge in [-0.1, -0.05) is 12.1 Å². The Morgan fingerprint density at radius 2 is 1.88 bits per heavy atom. The Hall–Kier alpha value is -2.28. The molecule has 142 valence electrons. The number of benzene rings is 1. The van der Waals surface area contributed by atoms with Crippen molar-refractivity contribution in [2.24, 2.45) is 11.8 Å². The molecule has 3 rings (SSSR count). The van der Waals surface area contributed by atoms with E-state index in [0.29, 0.717) is 37.6 Å². The lowest BCUT2D eigenvalue weighted by Gasteiger charge is -2.35. The van der Waals surface area contributed by atoms with Crippen molar-refractivity contribution in [1.29, 1.82) is 0 Å². The number of amides is 1. The summed E-state index contributed by atoms with van der Waals surface area (Å²) < 4.78 is 16.5. The van der Waals surface area contributed by atoms with Crippen LogP contribution >= 0.6 is 0 Å². The molecule has 1 aromatic carbocycles. The molecule has 0 bridgehead atoms. The number of carboxylic acids is 1. The molecule has 0 radical (unpaired) electrons. The van der Waals surface area contributed by atoms with E-state index in [9.17, 15) is 14.7 Å². The average Bonchev–Trinajstić information content (AvgIpc) is 3.16. The molecule has 0 aliphatic carbocycles. The summed E-state index contributed by atoms with van der Waals surface area (Å²) in [5.41, 5.74) is 0. The highest BCUT2D eigenvalue weighted by atomic mass is 16.5. The molecule has 2 fully saturated rings. The van der Waals surface area contributed by atoms with E-state index in [-0.39, 0.29) is 24.5 Å². The first-order valence-corrected chi connectivity index (χ1v) is 8.98. The van der Waals surface area contributed by atoms with Crippen molar-refractivity contribution < 1.29 is 28.9 Å². The number of carbonyl (C=O) groups is 2. The first-order valence-electron chi connectivity index (χ1n) is 8.98. The first-order chi connectivity index (χ1) is 12.6. The lowest BCUT2D eigenvalue weighted by atomic mass is 9.84. The van der Waals surface area contributed by atoms with Crippen molar-refractivity contribution in [2.75, 3.05) is 33.4 Å². The first kappa shape index (κ1) is 18.5. The lowest BCUT2D eigenvalue weighted by Crippen LogP contribution is -2.44. The number of hydrogen-bond donors (Lipinski definition) is 1. The Kier molecular flexibility index (Phi) is 5.98. The fraction of sp³-hybridized carbons (Fsp3) is 0.579. The van der Waals surface area contributed by atoms with Crippen molar-refractivity contribution in [3.05, 3.63) is 24.3 Å². The highest BCUT2D eigenvalue weighted by molar-refractivity contribution is 5.78. The number of likely N-dealkylation sites (tertiary alicyclic amines) is 1. The quantitative estimate of drug-likeness (QED) is 0.830. The van der Waals surface area contributed by atoms with Gasteiger partial charge in [-0.2, -0.15) is 0 Å². The number of piperidine rings is 1. The van der Waals surface area contributed by atoms with Crippen LogP contribution in [0.1, 0.15) is 19.3 Å². The van der Waals surface area contributed by atoms with E-state index in [2.05, 4.69) is 0 Å². The molecule has 1 unspecified atom stereocenters. The molecular formula is C19H25NO6. The van der Waals surface area contributed by atoms with Crippen LogP contribution in [0.4, 0.5) is 0 Å². The maximum Gasteiger partial charge on any atom is 0.309 e. The second kappa shape index (κ2) is 8.40. The van der Waals surface area contributed by atoms with E-state index >= 15 is 0 Å². The Labute approximate surface area is 152 Å². The van der Waals surface area contributed by atoms with Crippen LogP contribution in [0.25, 0.3) is 0 Å². The number of ether oxygens (including phenoxy) is 3. The number of hydrogen-bond acceptors (Lipinski definition) is 5. The van der Waals surface area contributed by atoms with Crippen LogP contribution in [-0.2, 0) is 14.3 Å². The second-order valence-corrected chi connectivity index (χ2v) is 6.73. The number of methoxy groups -OCH3 is 1. The summed E-state index contributed by atoms with van der Waals surface area (Å²) in [5, 5.41) is 9.30. The van der Waals surface area contributed by atoms with Crippen molar-refractivity contribution >= 4 is 11.9 Å². The third kappa shape index (κ3) is 4.09. The summed E-state index contributed by atoms with van der Waals surface area (Å²) in [6.07, 6.45) is 1.87. The summed E-state index contributed by atoms with van der Waals surface area (Å²) in [5.74, 6) is 0.0561. The highest BCUT2D eigenvalue weighted by Crippen LogP contribution is 2.33. The fourth-order valence-corrected chi connectivity index (χ4v) is 3.79. The summed E-state index contributed by atoms with van der Waals surface area (Å²) >= 11 is 0. The molecule has 0 saturated carbocycles. The Morgan fingerprint density at radius 3 is 2.54 bits per heavy atom. The minimum Gasteiger partial charge on any atom is -0.493 e. The molecular weight excluding hydrogens is 338 g/mol. The topological polar surface area (TPSA) is 85.3 Å². The van der Waals surface area contributed by atoms with Gasteiger partial charge in [0.1, 0.15) is 0 Å². The molecule has 26 heavy (non-hydrogen) atoms. The number of nitrogens with zero attached hydrogens (tertiary/aromatic N) is 1. The molecule has 2 aliphatic rings. The molecule has 7 nitrogen and oxygen atoms in total. The van der Waals surface area contributed by atoms with Crippen molar-refractivity contribution in [1.82, 2.24) is 4.90 Å². The van der Waals surface area contributed by atoms with Gasteiger partial charge in [-0.3, -0.25) is 9.59 Å². The number of aliphatic carboxylic acids is 1. The van der Waals surface area contributed by atoms with Crippen LogP contribution in [0.5, 0.6) is 11.5 Å². The van der Waals surface area contributed by atoms with Crippen LogP contribution in [0.15, 0.2) is 24.3 Å². The van der Waals surface area contributed by atoms with E-state index < -0.39 is 11.9 Å². The molecule has 2 heterocycles. The molecule has 2 atom stereocenters. The van der Waals surface area contributed by atoms with Gasteiger partial charge < -0.3 is 24.2 Å². The van der Waals surface area contributed by atoms with Crippen LogP contribution < -0.4 is 9.47 Å². The zero-order valence-corrected chi connectivity index (χ0v) is 14.9. The number of carboxylic acid groups (broad SMARTS) is 1. The van der Waals surface area contributed by atoms with E-state index in [0.717, 1.165) is 12.8 Å². The van der Waals surface area contributed by atoms with Crippen LogP contribution in [-0.4, -0.2) is 61.4 Å². The van der Waals surface area contributed by atoms with Gasteiger partial charge in [0.15, 0.2) is 18.1 Å². The molecule has 2 saturated heterocycles. The predicted molar refractivity (Wildman–Crippen MR) is 93.3 cm³/mol. The molecule has 2 aliphatic heterocycles. The van der Waals surface area contributed by atoms with E-state index in [1.807, 2.05) is 12.1 Å². The third-order valence-electron chi connectivity index (χ3n) is 5.23.